The summed E-state index contributed by atoms with van der Waals surface area (Å²) in [5.74, 6) is 1.56. The van der Waals surface area contributed by atoms with Crippen molar-refractivity contribution in [3.63, 3.8) is 0 Å². The van der Waals surface area contributed by atoms with Gasteiger partial charge in [0.05, 0.1) is 0 Å². The number of hydrogen-bond acceptors (Lipinski definition) is 2. The maximum absolute atomic E-state index is 12.3. The fraction of sp³-hybridized carbons (Fsp3) is 0.474. The van der Waals surface area contributed by atoms with Crippen LogP contribution in [0.25, 0.3) is 5.57 Å². The smallest absolute Gasteiger partial charge is 0.140 e. The predicted molar refractivity (Wildman–Crippen MR) is 85.4 cm³/mol. The summed E-state index contributed by atoms with van der Waals surface area (Å²) in [6.45, 7) is 2.08. The van der Waals surface area contributed by atoms with Crippen LogP contribution in [0.3, 0.4) is 0 Å². The summed E-state index contributed by atoms with van der Waals surface area (Å²) in [4.78, 5) is 16.7. The molecule has 0 aromatic heterocycles. The first-order valence-electron chi connectivity index (χ1n) is 8.06. The van der Waals surface area contributed by atoms with E-state index in [1.165, 1.54) is 40.8 Å². The van der Waals surface area contributed by atoms with Crippen LogP contribution in [0, 0.1) is 11.8 Å². The number of nitrogens with zero attached hydrogens (tertiary/aromatic N) is 1. The molecule has 2 nitrogen and oxygen atoms in total. The van der Waals surface area contributed by atoms with Crippen LogP contribution in [0.15, 0.2) is 29.4 Å². The van der Waals surface area contributed by atoms with Crippen molar-refractivity contribution >= 4 is 17.1 Å². The number of hydrogen-bond donors (Lipinski definition) is 0. The van der Waals surface area contributed by atoms with Gasteiger partial charge in [0.2, 0.25) is 0 Å². The first-order chi connectivity index (χ1) is 10.2. The van der Waals surface area contributed by atoms with Gasteiger partial charge in [-0.15, -0.1) is 0 Å². The van der Waals surface area contributed by atoms with Crippen LogP contribution in [0.4, 0.5) is 0 Å². The zero-order valence-corrected chi connectivity index (χ0v) is 12.6. The largest absolute Gasteiger partial charge is 0.299 e. The lowest BCUT2D eigenvalue weighted by Crippen LogP contribution is -2.26. The second kappa shape index (κ2) is 4.94. The van der Waals surface area contributed by atoms with Crippen LogP contribution < -0.4 is 0 Å². The number of carbonyl (C=O) groups is 1. The summed E-state index contributed by atoms with van der Waals surface area (Å²) < 4.78 is 0. The molecule has 0 amide bonds. The second-order valence-electron chi connectivity index (χ2n) is 6.90. The Labute approximate surface area is 126 Å². The van der Waals surface area contributed by atoms with Crippen molar-refractivity contribution in [2.24, 2.45) is 16.8 Å². The minimum atomic E-state index is 0.274. The van der Waals surface area contributed by atoms with E-state index in [1.807, 2.05) is 6.20 Å². The van der Waals surface area contributed by atoms with Crippen LogP contribution in [0.5, 0.6) is 0 Å². The summed E-state index contributed by atoms with van der Waals surface area (Å²) in [7, 11) is 0. The molecule has 1 unspecified atom stereocenters. The monoisotopic (exact) mass is 279 g/mol. The maximum atomic E-state index is 12.3. The first kappa shape index (κ1) is 13.0. The zero-order valence-electron chi connectivity index (χ0n) is 12.6. The number of carbonyl (C=O) groups excluding carboxylic acids is 1. The second-order valence-corrected chi connectivity index (χ2v) is 6.90. The molecule has 0 radical (unpaired) electrons. The highest BCUT2D eigenvalue weighted by atomic mass is 16.1. The molecule has 108 valence electrons. The molecule has 0 bridgehead atoms. The van der Waals surface area contributed by atoms with Gasteiger partial charge in [-0.3, -0.25) is 9.79 Å². The Morgan fingerprint density at radius 2 is 2.05 bits per heavy atom. The lowest BCUT2D eigenvalue weighted by molar-refractivity contribution is -0.123. The van der Waals surface area contributed by atoms with E-state index < -0.39 is 0 Å². The zero-order chi connectivity index (χ0) is 14.4. The van der Waals surface area contributed by atoms with Gasteiger partial charge in [-0.05, 0) is 47.9 Å². The van der Waals surface area contributed by atoms with E-state index in [0.29, 0.717) is 12.2 Å². The van der Waals surface area contributed by atoms with E-state index in [4.69, 9.17) is 0 Å². The third kappa shape index (κ3) is 2.59. The highest BCUT2D eigenvalue weighted by molar-refractivity contribution is 5.97. The van der Waals surface area contributed by atoms with Gasteiger partial charge in [0.1, 0.15) is 5.78 Å². The molecule has 2 heteroatoms. The van der Waals surface area contributed by atoms with Crippen molar-refractivity contribution in [3.8, 4) is 0 Å². The molecule has 0 N–H and O–H groups in total. The van der Waals surface area contributed by atoms with Crippen molar-refractivity contribution in [3.05, 3.63) is 41.1 Å². The predicted octanol–water partition coefficient (Wildman–Crippen LogP) is 3.98. The topological polar surface area (TPSA) is 29.4 Å². The molecule has 0 spiro atoms. The highest BCUT2D eigenvalue weighted by Crippen LogP contribution is 2.39. The van der Waals surface area contributed by atoms with E-state index in [1.54, 1.807) is 0 Å². The molecule has 1 aromatic carbocycles. The summed E-state index contributed by atoms with van der Waals surface area (Å²) in [6, 6.07) is 6.62. The first-order valence-corrected chi connectivity index (χ1v) is 8.06. The summed E-state index contributed by atoms with van der Waals surface area (Å²) >= 11 is 0. The van der Waals surface area contributed by atoms with Gasteiger partial charge in [-0.1, -0.05) is 31.0 Å². The fourth-order valence-electron chi connectivity index (χ4n) is 3.60. The lowest BCUT2D eigenvalue weighted by atomic mass is 9.79. The van der Waals surface area contributed by atoms with Gasteiger partial charge in [0.15, 0.2) is 0 Å². The highest BCUT2D eigenvalue weighted by Gasteiger charge is 2.32. The van der Waals surface area contributed by atoms with Crippen LogP contribution >= 0.6 is 0 Å². The van der Waals surface area contributed by atoms with E-state index in [0.717, 1.165) is 25.2 Å². The molecule has 1 aliphatic heterocycles. The minimum absolute atomic E-state index is 0.274. The number of ketones is 1. The van der Waals surface area contributed by atoms with Crippen LogP contribution in [0.1, 0.15) is 49.3 Å². The Morgan fingerprint density at radius 1 is 1.19 bits per heavy atom. The third-order valence-electron chi connectivity index (χ3n) is 5.07. The average molecular weight is 279 g/mol. The molecule has 2 aliphatic carbocycles. The Kier molecular flexibility index (Phi) is 3.06. The third-order valence-corrected chi connectivity index (χ3v) is 5.07. The number of aliphatic imine (C=N–C) groups is 1. The number of benzene rings is 1. The van der Waals surface area contributed by atoms with E-state index in [-0.39, 0.29) is 5.92 Å². The van der Waals surface area contributed by atoms with Gasteiger partial charge in [-0.2, -0.15) is 0 Å². The lowest BCUT2D eigenvalue weighted by Gasteiger charge is -2.24. The van der Waals surface area contributed by atoms with Gasteiger partial charge < -0.3 is 0 Å². The molecule has 0 saturated heterocycles. The number of rotatable bonds is 3. The molecule has 1 atom stereocenters. The number of allylic oxidation sites excluding steroid dienone is 1. The van der Waals surface area contributed by atoms with Crippen molar-refractivity contribution < 1.29 is 4.79 Å². The Balaban J connectivity index is 1.58. The normalized spacial score (nSPS) is 24.6. The Hall–Kier alpha value is -1.70. The molecule has 4 rings (SSSR count). The Morgan fingerprint density at radius 3 is 2.76 bits per heavy atom. The molecule has 1 heterocycles. The molecule has 1 saturated carbocycles. The molecule has 1 fully saturated rings. The fourth-order valence-corrected chi connectivity index (χ4v) is 3.60. The maximum Gasteiger partial charge on any atom is 0.140 e. The molecule has 1 aromatic rings. The summed E-state index contributed by atoms with van der Waals surface area (Å²) in [5.41, 5.74) is 6.42. The number of Topliss-reactive ketones (excluding diaryl/α,β-unsaturated/α-hetero) is 1. The molecular formula is C19H21NO. The van der Waals surface area contributed by atoms with Gasteiger partial charge in [-0.25, -0.2) is 0 Å². The molecule has 3 aliphatic rings. The minimum Gasteiger partial charge on any atom is -0.299 e. The number of fused-ring (bicyclic) bond motifs is 1. The standard InChI is InChI=1S/C19H21NO/c1-12-6-18(11-20-12)14-4-5-15-10-19(21)17(7-13-2-3-13)9-16(15)8-14/h4-5,8,11,13,17H,2-3,6-7,9-10H2,1H3. The Bertz CT molecular complexity index is 664. The molecule has 21 heavy (non-hydrogen) atoms. The van der Waals surface area contributed by atoms with Crippen molar-refractivity contribution in [1.29, 1.82) is 0 Å². The SMILES string of the molecule is CC1=NC=C(c2ccc3c(c2)CC(CC2CC2)C(=O)C3)C1. The van der Waals surface area contributed by atoms with Crippen molar-refractivity contribution in [2.45, 2.75) is 45.4 Å². The average Bonchev–Trinajstić information content (AvgIpc) is 3.18. The molecular weight excluding hydrogens is 258 g/mol. The summed E-state index contributed by atoms with van der Waals surface area (Å²) in [5, 5.41) is 0. The van der Waals surface area contributed by atoms with Crippen molar-refractivity contribution in [2.75, 3.05) is 0 Å². The van der Waals surface area contributed by atoms with E-state index in [2.05, 4.69) is 30.1 Å². The summed E-state index contributed by atoms with van der Waals surface area (Å²) in [6.07, 6.45) is 8.33. The van der Waals surface area contributed by atoms with Gasteiger partial charge in [0.25, 0.3) is 0 Å². The van der Waals surface area contributed by atoms with Crippen molar-refractivity contribution in [1.82, 2.24) is 0 Å². The van der Waals surface area contributed by atoms with Crippen LogP contribution in [-0.2, 0) is 17.6 Å². The van der Waals surface area contributed by atoms with Gasteiger partial charge in [0, 0.05) is 30.7 Å². The van der Waals surface area contributed by atoms with Crippen LogP contribution in [0.2, 0.25) is 0 Å². The van der Waals surface area contributed by atoms with Gasteiger partial charge >= 0.3 is 0 Å². The van der Waals surface area contributed by atoms with Crippen LogP contribution in [-0.4, -0.2) is 11.5 Å². The van der Waals surface area contributed by atoms with E-state index >= 15 is 0 Å². The van der Waals surface area contributed by atoms with E-state index in [9.17, 15) is 4.79 Å². The quantitative estimate of drug-likeness (QED) is 0.823.